The smallest absolute Gasteiger partial charge is 0.191 e. The zero-order valence-electron chi connectivity index (χ0n) is 18.1. The Kier molecular flexibility index (Phi) is 9.42. The van der Waals surface area contributed by atoms with Crippen molar-refractivity contribution in [2.75, 3.05) is 32.7 Å². The van der Waals surface area contributed by atoms with Gasteiger partial charge in [-0.3, -0.25) is 0 Å². The van der Waals surface area contributed by atoms with Crippen LogP contribution in [0.15, 0.2) is 35.3 Å². The van der Waals surface area contributed by atoms with Crippen molar-refractivity contribution in [2.45, 2.75) is 40.7 Å². The van der Waals surface area contributed by atoms with Gasteiger partial charge >= 0.3 is 0 Å². The Hall–Kier alpha value is -1.61. The summed E-state index contributed by atoms with van der Waals surface area (Å²) in [5, 5.41) is 11.6. The van der Waals surface area contributed by atoms with Crippen LogP contribution in [-0.2, 0) is 6.54 Å². The summed E-state index contributed by atoms with van der Waals surface area (Å²) in [7, 11) is 0. The van der Waals surface area contributed by atoms with Crippen molar-refractivity contribution < 1.29 is 0 Å². The van der Waals surface area contributed by atoms with Crippen molar-refractivity contribution in [3.63, 3.8) is 0 Å². The maximum Gasteiger partial charge on any atom is 0.191 e. The molecule has 0 aliphatic carbocycles. The first-order valence-corrected chi connectivity index (χ1v) is 10.5. The minimum atomic E-state index is 0. The molecule has 0 amide bonds. The number of likely N-dealkylation sites (tertiary alicyclic amines) is 1. The van der Waals surface area contributed by atoms with E-state index in [9.17, 15) is 0 Å². The van der Waals surface area contributed by atoms with E-state index in [4.69, 9.17) is 4.99 Å². The van der Waals surface area contributed by atoms with Crippen molar-refractivity contribution in [3.8, 4) is 5.69 Å². The van der Waals surface area contributed by atoms with Gasteiger partial charge in [0, 0.05) is 25.3 Å². The van der Waals surface area contributed by atoms with Gasteiger partial charge in [-0.25, -0.2) is 9.67 Å². The van der Waals surface area contributed by atoms with Crippen LogP contribution in [0.2, 0.25) is 0 Å². The largest absolute Gasteiger partial charge is 0.357 e. The molecule has 6 nitrogen and oxygen atoms in total. The van der Waals surface area contributed by atoms with Gasteiger partial charge in [-0.15, -0.1) is 24.0 Å². The lowest BCUT2D eigenvalue weighted by atomic mass is 10.1. The van der Waals surface area contributed by atoms with E-state index < -0.39 is 0 Å². The zero-order chi connectivity index (χ0) is 19.9. The third kappa shape index (κ3) is 6.44. The molecule has 1 aliphatic heterocycles. The highest BCUT2D eigenvalue weighted by Gasteiger charge is 2.21. The van der Waals surface area contributed by atoms with Crippen LogP contribution in [0, 0.1) is 19.8 Å². The Balaban J connectivity index is 0.00000300. The number of para-hydroxylation sites is 1. The number of nitrogens with one attached hydrogen (secondary N) is 2. The van der Waals surface area contributed by atoms with E-state index in [-0.39, 0.29) is 24.0 Å². The fourth-order valence-electron chi connectivity index (χ4n) is 3.84. The molecule has 0 spiro atoms. The minimum absolute atomic E-state index is 0. The summed E-state index contributed by atoms with van der Waals surface area (Å²) < 4.78 is 2.01. The van der Waals surface area contributed by atoms with Crippen LogP contribution in [-0.4, -0.2) is 53.4 Å². The number of halogens is 1. The number of aromatic nitrogens is 2. The van der Waals surface area contributed by atoms with Crippen LogP contribution < -0.4 is 10.6 Å². The van der Waals surface area contributed by atoms with E-state index in [0.717, 1.165) is 42.7 Å². The summed E-state index contributed by atoms with van der Waals surface area (Å²) in [4.78, 5) is 7.36. The third-order valence-electron chi connectivity index (χ3n) is 5.36. The first kappa shape index (κ1) is 23.7. The lowest BCUT2D eigenvalue weighted by Crippen LogP contribution is -2.40. The lowest BCUT2D eigenvalue weighted by Gasteiger charge is -2.16. The Morgan fingerprint density at radius 1 is 1.21 bits per heavy atom. The number of hydrogen-bond donors (Lipinski definition) is 2. The second kappa shape index (κ2) is 11.5. The lowest BCUT2D eigenvalue weighted by molar-refractivity contribution is 0.342. The van der Waals surface area contributed by atoms with Crippen molar-refractivity contribution in [1.82, 2.24) is 25.3 Å². The normalized spacial score (nSPS) is 17.2. The van der Waals surface area contributed by atoms with E-state index in [1.165, 1.54) is 25.1 Å². The van der Waals surface area contributed by atoms with Crippen molar-refractivity contribution in [2.24, 2.45) is 10.9 Å². The second-order valence-electron chi connectivity index (χ2n) is 7.59. The highest BCUT2D eigenvalue weighted by molar-refractivity contribution is 14.0. The molecule has 2 aromatic rings. The van der Waals surface area contributed by atoms with Crippen molar-refractivity contribution >= 4 is 29.9 Å². The Labute approximate surface area is 192 Å². The number of aryl methyl sites for hydroxylation is 2. The maximum absolute atomic E-state index is 4.85. The third-order valence-corrected chi connectivity index (χ3v) is 5.36. The molecule has 1 aliphatic rings. The topological polar surface area (TPSA) is 57.5 Å². The maximum atomic E-state index is 4.85. The predicted octanol–water partition coefficient (Wildman–Crippen LogP) is 3.50. The zero-order valence-corrected chi connectivity index (χ0v) is 20.4. The fraction of sp³-hybridized carbons (Fsp3) is 0.545. The Morgan fingerprint density at radius 3 is 2.66 bits per heavy atom. The average Bonchev–Trinajstić information content (AvgIpc) is 3.29. The van der Waals surface area contributed by atoms with Gasteiger partial charge in [0.15, 0.2) is 5.96 Å². The molecule has 1 aromatic carbocycles. The molecule has 0 saturated carbocycles. The van der Waals surface area contributed by atoms with Crippen molar-refractivity contribution in [1.29, 1.82) is 0 Å². The van der Waals surface area contributed by atoms with Crippen LogP contribution in [0.25, 0.3) is 5.69 Å². The molecule has 29 heavy (non-hydrogen) atoms. The summed E-state index contributed by atoms with van der Waals surface area (Å²) in [5.74, 6) is 1.59. The SMILES string of the molecule is CCNC(=NCc1ccccc1-n1nc(C)cc1C)NCC1CCN(CC)C1.I. The number of hydrogen-bond acceptors (Lipinski definition) is 3. The molecule has 2 heterocycles. The first-order chi connectivity index (χ1) is 13.6. The molecule has 160 valence electrons. The summed E-state index contributed by atoms with van der Waals surface area (Å²) in [6, 6.07) is 10.5. The van der Waals surface area contributed by atoms with Crippen molar-refractivity contribution in [3.05, 3.63) is 47.3 Å². The van der Waals surface area contributed by atoms with Gasteiger partial charge in [-0.05, 0) is 63.9 Å². The first-order valence-electron chi connectivity index (χ1n) is 10.5. The van der Waals surface area contributed by atoms with Crippen LogP contribution in [0.5, 0.6) is 0 Å². The summed E-state index contributed by atoms with van der Waals surface area (Å²) in [6.45, 7) is 14.5. The highest BCUT2D eigenvalue weighted by atomic mass is 127. The van der Waals surface area contributed by atoms with Gasteiger partial charge in [-0.1, -0.05) is 25.1 Å². The monoisotopic (exact) mass is 510 g/mol. The molecule has 0 radical (unpaired) electrons. The molecule has 2 N–H and O–H groups in total. The average molecular weight is 510 g/mol. The van der Waals surface area contributed by atoms with Gasteiger partial charge < -0.3 is 15.5 Å². The Morgan fingerprint density at radius 2 is 2.00 bits per heavy atom. The molecule has 1 unspecified atom stereocenters. The highest BCUT2D eigenvalue weighted by Crippen LogP contribution is 2.18. The van der Waals surface area contributed by atoms with Crippen LogP contribution in [0.3, 0.4) is 0 Å². The van der Waals surface area contributed by atoms with Gasteiger partial charge in [0.25, 0.3) is 0 Å². The summed E-state index contributed by atoms with van der Waals surface area (Å²) in [6.07, 6.45) is 1.26. The second-order valence-corrected chi connectivity index (χ2v) is 7.59. The number of rotatable bonds is 7. The quantitative estimate of drug-likeness (QED) is 0.340. The standard InChI is InChI=1S/C22H34N6.HI/c1-5-23-22(24-14-19-11-12-27(6-2)16-19)25-15-20-9-7-8-10-21(20)28-18(4)13-17(3)26-28;/h7-10,13,19H,5-6,11-12,14-16H2,1-4H3,(H2,23,24,25);1H. The van der Waals surface area contributed by atoms with Crippen LogP contribution in [0.4, 0.5) is 0 Å². The molecule has 1 fully saturated rings. The molecular formula is C22H35IN6. The van der Waals surface area contributed by atoms with E-state index in [0.29, 0.717) is 12.5 Å². The number of nitrogens with zero attached hydrogens (tertiary/aromatic N) is 4. The predicted molar refractivity (Wildman–Crippen MR) is 131 cm³/mol. The summed E-state index contributed by atoms with van der Waals surface area (Å²) >= 11 is 0. The molecule has 7 heteroatoms. The van der Waals surface area contributed by atoms with E-state index >= 15 is 0 Å². The van der Waals surface area contributed by atoms with E-state index in [1.807, 2.05) is 11.6 Å². The molecule has 1 aromatic heterocycles. The number of benzene rings is 1. The van der Waals surface area contributed by atoms with Crippen LogP contribution >= 0.6 is 24.0 Å². The van der Waals surface area contributed by atoms with Gasteiger partial charge in [0.1, 0.15) is 0 Å². The number of aliphatic imine (C=N–C) groups is 1. The van der Waals surface area contributed by atoms with Gasteiger partial charge in [0.05, 0.1) is 17.9 Å². The van der Waals surface area contributed by atoms with E-state index in [1.54, 1.807) is 0 Å². The summed E-state index contributed by atoms with van der Waals surface area (Å²) in [5.41, 5.74) is 4.44. The van der Waals surface area contributed by atoms with Gasteiger partial charge in [-0.2, -0.15) is 5.10 Å². The molecule has 1 atom stereocenters. The number of guanidine groups is 1. The minimum Gasteiger partial charge on any atom is -0.357 e. The Bertz CT molecular complexity index is 800. The molecule has 3 rings (SSSR count). The molecule has 0 bridgehead atoms. The molecular weight excluding hydrogens is 475 g/mol. The van der Waals surface area contributed by atoms with Gasteiger partial charge in [0.2, 0.25) is 0 Å². The fourth-order valence-corrected chi connectivity index (χ4v) is 3.84. The molecule has 1 saturated heterocycles. The van der Waals surface area contributed by atoms with E-state index in [2.05, 4.69) is 71.7 Å². The van der Waals surface area contributed by atoms with Crippen LogP contribution in [0.1, 0.15) is 37.2 Å².